The molecule has 2 saturated carbocycles. The minimum Gasteiger partial charge on any atom is -0.493 e. The fraction of sp³-hybridized carbons (Fsp3) is 0.562. The third-order valence-corrected chi connectivity index (χ3v) is 4.29. The molecule has 1 aromatic rings. The van der Waals surface area contributed by atoms with Crippen molar-refractivity contribution in [2.75, 3.05) is 13.2 Å². The molecule has 0 bridgehead atoms. The van der Waals surface area contributed by atoms with Crippen molar-refractivity contribution in [3.05, 3.63) is 30.3 Å². The lowest BCUT2D eigenvalue weighted by atomic mass is 10.1. The molecule has 0 radical (unpaired) electrons. The maximum absolute atomic E-state index is 12.8. The Morgan fingerprint density at radius 2 is 1.95 bits per heavy atom. The van der Waals surface area contributed by atoms with Crippen LogP contribution in [0.15, 0.2) is 30.3 Å². The van der Waals surface area contributed by atoms with Crippen LogP contribution in [0.1, 0.15) is 25.7 Å². The van der Waals surface area contributed by atoms with Gasteiger partial charge in [-0.15, -0.1) is 0 Å². The summed E-state index contributed by atoms with van der Waals surface area (Å²) in [4.78, 5) is 11.6. The molecular weight excluding hydrogens is 276 g/mol. The van der Waals surface area contributed by atoms with Crippen molar-refractivity contribution >= 4 is 5.91 Å². The SMILES string of the molecule is O=C(C[C@H]1CC1(F)F)NCC1(COc2ccccc2)CC1. The van der Waals surface area contributed by atoms with Gasteiger partial charge in [0.05, 0.1) is 6.61 Å². The molecule has 2 aliphatic carbocycles. The van der Waals surface area contributed by atoms with Crippen LogP contribution in [-0.4, -0.2) is 25.0 Å². The van der Waals surface area contributed by atoms with Crippen molar-refractivity contribution in [3.63, 3.8) is 0 Å². The topological polar surface area (TPSA) is 38.3 Å². The molecular formula is C16H19F2NO2. The normalized spacial score (nSPS) is 24.2. The molecule has 114 valence electrons. The van der Waals surface area contributed by atoms with Gasteiger partial charge in [0.15, 0.2) is 0 Å². The second kappa shape index (κ2) is 5.28. The first kappa shape index (κ1) is 14.3. The van der Waals surface area contributed by atoms with E-state index in [0.717, 1.165) is 18.6 Å². The zero-order valence-electron chi connectivity index (χ0n) is 11.8. The van der Waals surface area contributed by atoms with Crippen LogP contribution in [0.4, 0.5) is 8.78 Å². The van der Waals surface area contributed by atoms with Crippen molar-refractivity contribution in [1.29, 1.82) is 0 Å². The van der Waals surface area contributed by atoms with Gasteiger partial charge in [0, 0.05) is 30.7 Å². The third-order valence-electron chi connectivity index (χ3n) is 4.29. The highest BCUT2D eigenvalue weighted by Crippen LogP contribution is 2.50. The lowest BCUT2D eigenvalue weighted by Crippen LogP contribution is -2.33. The predicted molar refractivity (Wildman–Crippen MR) is 74.3 cm³/mol. The molecule has 3 rings (SSSR count). The van der Waals surface area contributed by atoms with E-state index in [4.69, 9.17) is 4.74 Å². The second-order valence-corrected chi connectivity index (χ2v) is 6.24. The number of hydrogen-bond donors (Lipinski definition) is 1. The van der Waals surface area contributed by atoms with E-state index in [2.05, 4.69) is 5.32 Å². The monoisotopic (exact) mass is 295 g/mol. The van der Waals surface area contributed by atoms with Gasteiger partial charge < -0.3 is 10.1 Å². The van der Waals surface area contributed by atoms with Crippen LogP contribution < -0.4 is 10.1 Å². The highest BCUT2D eigenvalue weighted by Gasteiger charge is 2.57. The summed E-state index contributed by atoms with van der Waals surface area (Å²) in [6, 6.07) is 9.53. The van der Waals surface area contributed by atoms with Crippen LogP contribution in [-0.2, 0) is 4.79 Å². The molecule has 3 nitrogen and oxygen atoms in total. The first-order valence-electron chi connectivity index (χ1n) is 7.32. The van der Waals surface area contributed by atoms with Gasteiger partial charge in [-0.1, -0.05) is 18.2 Å². The number of alkyl halides is 2. The smallest absolute Gasteiger partial charge is 0.252 e. The van der Waals surface area contributed by atoms with Crippen molar-refractivity contribution in [2.45, 2.75) is 31.6 Å². The van der Waals surface area contributed by atoms with E-state index in [1.807, 2.05) is 30.3 Å². The Kier molecular flexibility index (Phi) is 3.59. The van der Waals surface area contributed by atoms with Gasteiger partial charge in [0.25, 0.3) is 5.92 Å². The number of para-hydroxylation sites is 1. The summed E-state index contributed by atoms with van der Waals surface area (Å²) in [7, 11) is 0. The molecule has 0 saturated heterocycles. The van der Waals surface area contributed by atoms with E-state index in [9.17, 15) is 13.6 Å². The van der Waals surface area contributed by atoms with E-state index in [-0.39, 0.29) is 24.2 Å². The number of carbonyl (C=O) groups is 1. The summed E-state index contributed by atoms with van der Waals surface area (Å²) in [5.74, 6) is -2.84. The van der Waals surface area contributed by atoms with Crippen LogP contribution in [0.5, 0.6) is 5.75 Å². The minimum absolute atomic E-state index is 0.0163. The maximum atomic E-state index is 12.8. The molecule has 0 heterocycles. The molecule has 2 aliphatic rings. The Hall–Kier alpha value is -1.65. The van der Waals surface area contributed by atoms with E-state index >= 15 is 0 Å². The Morgan fingerprint density at radius 1 is 1.29 bits per heavy atom. The van der Waals surface area contributed by atoms with Crippen LogP contribution in [0.2, 0.25) is 0 Å². The standard InChI is InChI=1S/C16H19F2NO2/c17-16(18)9-12(16)8-14(20)19-10-15(6-7-15)11-21-13-4-2-1-3-5-13/h1-5,12H,6-11H2,(H,19,20)/t12-/m0/s1. The molecule has 1 aromatic carbocycles. The quantitative estimate of drug-likeness (QED) is 0.840. The fourth-order valence-electron chi connectivity index (χ4n) is 2.38. The zero-order chi connectivity index (χ0) is 14.9. The highest BCUT2D eigenvalue weighted by atomic mass is 19.3. The van der Waals surface area contributed by atoms with Gasteiger partial charge in [-0.3, -0.25) is 4.79 Å². The number of halogens is 2. The van der Waals surface area contributed by atoms with Crippen LogP contribution >= 0.6 is 0 Å². The average Bonchev–Trinajstić information content (AvgIpc) is 3.35. The largest absolute Gasteiger partial charge is 0.493 e. The molecule has 0 unspecified atom stereocenters. The maximum Gasteiger partial charge on any atom is 0.252 e. The molecule has 1 atom stereocenters. The number of carbonyl (C=O) groups excluding carboxylic acids is 1. The summed E-state index contributed by atoms with van der Waals surface area (Å²) < 4.78 is 31.2. The molecule has 0 spiro atoms. The van der Waals surface area contributed by atoms with E-state index in [1.165, 1.54) is 0 Å². The average molecular weight is 295 g/mol. The molecule has 1 amide bonds. The van der Waals surface area contributed by atoms with Crippen molar-refractivity contribution in [2.24, 2.45) is 11.3 Å². The summed E-state index contributed by atoms with van der Waals surface area (Å²) in [6.45, 7) is 1.06. The second-order valence-electron chi connectivity index (χ2n) is 6.24. The van der Waals surface area contributed by atoms with Crippen LogP contribution in [0, 0.1) is 11.3 Å². The third kappa shape index (κ3) is 3.71. The van der Waals surface area contributed by atoms with E-state index in [1.54, 1.807) is 0 Å². The van der Waals surface area contributed by atoms with Crippen molar-refractivity contribution < 1.29 is 18.3 Å². The number of ether oxygens (including phenoxy) is 1. The van der Waals surface area contributed by atoms with Gasteiger partial charge in [-0.25, -0.2) is 8.78 Å². The van der Waals surface area contributed by atoms with Gasteiger partial charge in [-0.05, 0) is 25.0 Å². The van der Waals surface area contributed by atoms with Gasteiger partial charge in [-0.2, -0.15) is 0 Å². The molecule has 5 heteroatoms. The number of rotatable bonds is 7. The summed E-state index contributed by atoms with van der Waals surface area (Å²) in [6.07, 6.45) is 1.78. The first-order valence-corrected chi connectivity index (χ1v) is 7.32. The van der Waals surface area contributed by atoms with E-state index in [0.29, 0.717) is 13.2 Å². The number of amides is 1. The molecule has 0 aliphatic heterocycles. The fourth-order valence-corrected chi connectivity index (χ4v) is 2.38. The van der Waals surface area contributed by atoms with E-state index < -0.39 is 11.8 Å². The Balaban J connectivity index is 1.39. The van der Waals surface area contributed by atoms with Gasteiger partial charge >= 0.3 is 0 Å². The molecule has 1 N–H and O–H groups in total. The zero-order valence-corrected chi connectivity index (χ0v) is 11.8. The summed E-state index contributed by atoms with van der Waals surface area (Å²) >= 11 is 0. The molecule has 2 fully saturated rings. The number of benzene rings is 1. The van der Waals surface area contributed by atoms with Gasteiger partial charge in [0.1, 0.15) is 5.75 Å². The van der Waals surface area contributed by atoms with Gasteiger partial charge in [0.2, 0.25) is 5.91 Å². The Morgan fingerprint density at radius 3 is 2.52 bits per heavy atom. The van der Waals surface area contributed by atoms with Crippen molar-refractivity contribution in [3.8, 4) is 5.75 Å². The number of hydrogen-bond acceptors (Lipinski definition) is 2. The number of nitrogens with one attached hydrogen (secondary N) is 1. The van der Waals surface area contributed by atoms with Crippen molar-refractivity contribution in [1.82, 2.24) is 5.32 Å². The Labute approximate surface area is 122 Å². The summed E-state index contributed by atoms with van der Waals surface area (Å²) in [5, 5.41) is 2.78. The lowest BCUT2D eigenvalue weighted by Gasteiger charge is -2.17. The van der Waals surface area contributed by atoms with Crippen LogP contribution in [0.3, 0.4) is 0 Å². The lowest BCUT2D eigenvalue weighted by molar-refractivity contribution is -0.122. The summed E-state index contributed by atoms with van der Waals surface area (Å²) in [5.41, 5.74) is -0.0163. The highest BCUT2D eigenvalue weighted by molar-refractivity contribution is 5.76. The Bertz CT molecular complexity index is 514. The minimum atomic E-state index is -2.62. The molecule has 21 heavy (non-hydrogen) atoms. The predicted octanol–water partition coefficient (Wildman–Crippen LogP) is 3.01. The first-order chi connectivity index (χ1) is 9.99. The molecule has 0 aromatic heterocycles. The van der Waals surface area contributed by atoms with Crippen LogP contribution in [0.25, 0.3) is 0 Å².